The number of hydrogen-bond acceptors (Lipinski definition) is 4. The average molecular weight is 711 g/mol. The molecule has 0 saturated carbocycles. The lowest BCUT2D eigenvalue weighted by molar-refractivity contribution is -0.129. The van der Waals surface area contributed by atoms with Crippen molar-refractivity contribution in [3.63, 3.8) is 0 Å². The summed E-state index contributed by atoms with van der Waals surface area (Å²) in [4.78, 5) is 12.8. The molecule has 0 aliphatic carbocycles. The predicted octanol–water partition coefficient (Wildman–Crippen LogP) is 13.3. The Bertz CT molecular complexity index is 1520. The number of carbonyl (C=O) groups is 1. The van der Waals surface area contributed by atoms with Crippen LogP contribution in [0.4, 0.5) is 0 Å². The predicted molar refractivity (Wildman–Crippen MR) is 219 cm³/mol. The number of halogens is 1. The highest BCUT2D eigenvalue weighted by atomic mass is 35.5. The molecule has 0 fully saturated rings. The Kier molecular flexibility index (Phi) is 23.9. The summed E-state index contributed by atoms with van der Waals surface area (Å²) < 4.78 is 16.9. The van der Waals surface area contributed by atoms with Crippen LogP contribution in [0.15, 0.2) is 121 Å². The van der Waals surface area contributed by atoms with E-state index in [1.807, 2.05) is 109 Å². The van der Waals surface area contributed by atoms with Gasteiger partial charge in [0.05, 0.1) is 19.2 Å². The van der Waals surface area contributed by atoms with E-state index < -0.39 is 0 Å². The maximum absolute atomic E-state index is 12.8. The van der Waals surface area contributed by atoms with E-state index in [1.165, 1.54) is 57.4 Å². The van der Waals surface area contributed by atoms with Gasteiger partial charge in [-0.3, -0.25) is 0 Å². The molecule has 0 aliphatic rings. The first kappa shape index (κ1) is 42.9. The van der Waals surface area contributed by atoms with Gasteiger partial charge in [0.15, 0.2) is 0 Å². The number of allylic oxidation sites excluding steroid dienone is 14. The van der Waals surface area contributed by atoms with Gasteiger partial charge >= 0.3 is 5.97 Å². The minimum atomic E-state index is -0.389. The van der Waals surface area contributed by atoms with Crippen LogP contribution in [0.2, 0.25) is 5.02 Å². The minimum Gasteiger partial charge on any atom is -0.496 e. The normalized spacial score (nSPS) is 12.5. The number of carbonyl (C=O) groups excluding carboxylic acids is 1. The zero-order chi connectivity index (χ0) is 36.8. The van der Waals surface area contributed by atoms with Gasteiger partial charge in [-0.1, -0.05) is 180 Å². The van der Waals surface area contributed by atoms with E-state index in [1.54, 1.807) is 20.3 Å². The molecule has 0 saturated heterocycles. The maximum Gasteiger partial charge on any atom is 0.336 e. The van der Waals surface area contributed by atoms with Crippen LogP contribution in [0.5, 0.6) is 17.2 Å². The van der Waals surface area contributed by atoms with Crippen molar-refractivity contribution in [2.24, 2.45) is 0 Å². The third-order valence-corrected chi connectivity index (χ3v) is 8.44. The molecule has 274 valence electrons. The SMILES string of the molecule is CCCCCCCCCCc1c(OC)cc(CCCCC)cc1OC(=O)C=CC=CC=CC=CC=CC=CC=CC=Cc1ccc(OC)c(Cl)c1. The summed E-state index contributed by atoms with van der Waals surface area (Å²) in [6.07, 6.45) is 45.5. The number of methoxy groups -OCH3 is 2. The van der Waals surface area contributed by atoms with Crippen molar-refractivity contribution in [1.82, 2.24) is 0 Å². The van der Waals surface area contributed by atoms with Gasteiger partial charge in [-0.2, -0.15) is 0 Å². The van der Waals surface area contributed by atoms with Crippen LogP contribution < -0.4 is 14.2 Å². The lowest BCUT2D eigenvalue weighted by atomic mass is 9.99. The van der Waals surface area contributed by atoms with Gasteiger partial charge in [-0.15, -0.1) is 0 Å². The highest BCUT2D eigenvalue weighted by Gasteiger charge is 2.15. The molecule has 0 N–H and O–H groups in total. The van der Waals surface area contributed by atoms with Crippen LogP contribution in [-0.4, -0.2) is 20.2 Å². The molecule has 5 heteroatoms. The van der Waals surface area contributed by atoms with Crippen molar-refractivity contribution < 1.29 is 19.0 Å². The Morgan fingerprint density at radius 2 is 1.06 bits per heavy atom. The number of esters is 1. The van der Waals surface area contributed by atoms with Crippen LogP contribution in [0.3, 0.4) is 0 Å². The Morgan fingerprint density at radius 3 is 1.63 bits per heavy atom. The second kappa shape index (κ2) is 28.4. The monoisotopic (exact) mass is 710 g/mol. The first-order valence-corrected chi connectivity index (χ1v) is 19.0. The first-order valence-electron chi connectivity index (χ1n) is 18.6. The van der Waals surface area contributed by atoms with Crippen LogP contribution in [0.25, 0.3) is 6.08 Å². The summed E-state index contributed by atoms with van der Waals surface area (Å²) in [6.45, 7) is 4.45. The second-order valence-corrected chi connectivity index (χ2v) is 12.7. The third kappa shape index (κ3) is 19.6. The zero-order valence-electron chi connectivity index (χ0n) is 31.3. The van der Waals surface area contributed by atoms with E-state index in [9.17, 15) is 4.79 Å². The molecule has 2 rings (SSSR count). The van der Waals surface area contributed by atoms with Gasteiger partial charge in [-0.05, 0) is 61.1 Å². The van der Waals surface area contributed by atoms with Crippen molar-refractivity contribution in [2.45, 2.75) is 97.3 Å². The van der Waals surface area contributed by atoms with Gasteiger partial charge in [0.2, 0.25) is 0 Å². The average Bonchev–Trinajstić information content (AvgIpc) is 3.13. The molecule has 0 atom stereocenters. The maximum atomic E-state index is 12.8. The van der Waals surface area contributed by atoms with Crippen molar-refractivity contribution in [2.75, 3.05) is 14.2 Å². The summed E-state index contributed by atoms with van der Waals surface area (Å²) in [5.41, 5.74) is 3.14. The van der Waals surface area contributed by atoms with Crippen molar-refractivity contribution in [3.8, 4) is 17.2 Å². The molecule has 0 bridgehead atoms. The lowest BCUT2D eigenvalue weighted by Crippen LogP contribution is -2.08. The molecule has 0 radical (unpaired) electrons. The van der Waals surface area contributed by atoms with Gasteiger partial charge in [0.25, 0.3) is 0 Å². The number of aryl methyl sites for hydroxylation is 1. The molecular formula is C46H59ClO4. The van der Waals surface area contributed by atoms with Gasteiger partial charge in [-0.25, -0.2) is 4.79 Å². The van der Waals surface area contributed by atoms with Crippen LogP contribution >= 0.6 is 11.6 Å². The second-order valence-electron chi connectivity index (χ2n) is 12.3. The molecule has 0 heterocycles. The van der Waals surface area contributed by atoms with E-state index in [2.05, 4.69) is 19.9 Å². The van der Waals surface area contributed by atoms with E-state index in [-0.39, 0.29) is 5.97 Å². The topological polar surface area (TPSA) is 44.8 Å². The van der Waals surface area contributed by atoms with Crippen molar-refractivity contribution >= 4 is 23.6 Å². The number of rotatable bonds is 25. The molecule has 0 amide bonds. The van der Waals surface area contributed by atoms with E-state index in [0.29, 0.717) is 16.5 Å². The number of hydrogen-bond donors (Lipinski definition) is 0. The molecule has 0 spiro atoms. The first-order chi connectivity index (χ1) is 25.0. The summed E-state index contributed by atoms with van der Waals surface area (Å²) in [5.74, 6) is 1.72. The smallest absolute Gasteiger partial charge is 0.336 e. The summed E-state index contributed by atoms with van der Waals surface area (Å²) in [7, 11) is 3.31. The van der Waals surface area contributed by atoms with E-state index in [0.717, 1.165) is 54.5 Å². The Balaban J connectivity index is 1.83. The zero-order valence-corrected chi connectivity index (χ0v) is 32.1. The van der Waals surface area contributed by atoms with Gasteiger partial charge in [0, 0.05) is 11.6 Å². The standard InChI is InChI=1S/C46H59ClO4/c1-5-7-9-10-11-21-24-28-32-41-44(50-4)37-40(31-26-8-6-2)38-45(41)51-46(48)33-29-25-22-19-17-15-13-12-14-16-18-20-23-27-30-39-34-35-43(49-3)42(47)36-39/h12-20,22-23,25,27,29-30,33-38H,5-11,21,24,26,28,31-32H2,1-4H3. The molecule has 4 nitrogen and oxygen atoms in total. The molecule has 2 aromatic rings. The van der Waals surface area contributed by atoms with E-state index >= 15 is 0 Å². The number of ether oxygens (including phenoxy) is 3. The third-order valence-electron chi connectivity index (χ3n) is 8.15. The molecular weight excluding hydrogens is 652 g/mol. The van der Waals surface area contributed by atoms with E-state index in [4.69, 9.17) is 25.8 Å². The minimum absolute atomic E-state index is 0.389. The highest BCUT2D eigenvalue weighted by molar-refractivity contribution is 6.32. The summed E-state index contributed by atoms with van der Waals surface area (Å²) >= 11 is 6.16. The number of unbranched alkanes of at least 4 members (excludes halogenated alkanes) is 9. The fraction of sp³-hybridized carbons (Fsp3) is 0.370. The molecule has 0 aliphatic heterocycles. The Morgan fingerprint density at radius 1 is 0.569 bits per heavy atom. The quantitative estimate of drug-likeness (QED) is 0.0338. The van der Waals surface area contributed by atoms with Crippen molar-refractivity contribution in [1.29, 1.82) is 0 Å². The fourth-order valence-electron chi connectivity index (χ4n) is 5.35. The van der Waals surface area contributed by atoms with Crippen LogP contribution in [0.1, 0.15) is 101 Å². The van der Waals surface area contributed by atoms with Gasteiger partial charge in [0.1, 0.15) is 17.2 Å². The lowest BCUT2D eigenvalue weighted by Gasteiger charge is -2.16. The molecule has 2 aromatic carbocycles. The molecule has 0 unspecified atom stereocenters. The summed E-state index contributed by atoms with van der Waals surface area (Å²) in [5, 5.41) is 0.594. The molecule has 51 heavy (non-hydrogen) atoms. The fourth-order valence-corrected chi connectivity index (χ4v) is 5.62. The Hall–Kier alpha value is -4.28. The molecule has 0 aromatic heterocycles. The highest BCUT2D eigenvalue weighted by Crippen LogP contribution is 2.33. The Labute approximate surface area is 313 Å². The van der Waals surface area contributed by atoms with Gasteiger partial charge < -0.3 is 14.2 Å². The summed E-state index contributed by atoms with van der Waals surface area (Å²) in [6, 6.07) is 9.84. The van der Waals surface area contributed by atoms with Crippen LogP contribution in [-0.2, 0) is 17.6 Å². The van der Waals surface area contributed by atoms with Crippen molar-refractivity contribution in [3.05, 3.63) is 143 Å². The van der Waals surface area contributed by atoms with Crippen LogP contribution in [0, 0.1) is 0 Å². The largest absolute Gasteiger partial charge is 0.496 e. The number of benzene rings is 2.